The quantitative estimate of drug-likeness (QED) is 0.657. The number of aromatic nitrogens is 1. The molecule has 1 aliphatic rings. The molecule has 0 saturated heterocycles. The minimum Gasteiger partial charge on any atom is -0.460 e. The second-order valence-electron chi connectivity index (χ2n) is 6.08. The van der Waals surface area contributed by atoms with Crippen LogP contribution in [0, 0.1) is 6.92 Å². The molecule has 7 heteroatoms. The average Bonchev–Trinajstić information content (AvgIpc) is 3.02. The lowest BCUT2D eigenvalue weighted by molar-refractivity contribution is 0.0465. The molecule has 0 spiro atoms. The first-order valence-electron chi connectivity index (χ1n) is 8.68. The standard InChI is InChI=1S/C19H21N3O4/c1-3-11-25-19(24)17-12(2)16-14(5-4-6-15(16)26-17)21-22-18(23)13-7-9-20-10-8-13/h7-10H,3-6,11H2,1-2H3,(H,22,23)/b21-14+. The van der Waals surface area contributed by atoms with Gasteiger partial charge in [-0.3, -0.25) is 9.78 Å². The average molecular weight is 355 g/mol. The van der Waals surface area contributed by atoms with E-state index in [1.165, 1.54) is 0 Å². The molecule has 3 rings (SSSR count). The number of aryl methyl sites for hydroxylation is 1. The molecule has 0 fully saturated rings. The van der Waals surface area contributed by atoms with E-state index in [9.17, 15) is 9.59 Å². The zero-order valence-corrected chi connectivity index (χ0v) is 14.9. The molecule has 0 aliphatic heterocycles. The molecule has 136 valence electrons. The van der Waals surface area contributed by atoms with Crippen LogP contribution in [0.4, 0.5) is 0 Å². The molecule has 1 N–H and O–H groups in total. The van der Waals surface area contributed by atoms with Crippen LogP contribution >= 0.6 is 0 Å². The van der Waals surface area contributed by atoms with Crippen LogP contribution in [-0.2, 0) is 11.2 Å². The number of pyridine rings is 1. The highest BCUT2D eigenvalue weighted by molar-refractivity contribution is 6.06. The number of furan rings is 1. The van der Waals surface area contributed by atoms with Crippen molar-refractivity contribution in [1.82, 2.24) is 10.4 Å². The number of carbonyl (C=O) groups is 2. The molecule has 2 aromatic heterocycles. The largest absolute Gasteiger partial charge is 0.460 e. The minimum absolute atomic E-state index is 0.221. The maximum absolute atomic E-state index is 12.2. The van der Waals surface area contributed by atoms with Gasteiger partial charge in [-0.1, -0.05) is 6.92 Å². The van der Waals surface area contributed by atoms with Crippen LogP contribution in [0.15, 0.2) is 34.0 Å². The zero-order chi connectivity index (χ0) is 18.5. The fraction of sp³-hybridized carbons (Fsp3) is 0.368. The summed E-state index contributed by atoms with van der Waals surface area (Å²) in [5.41, 5.74) is 5.27. The van der Waals surface area contributed by atoms with Crippen molar-refractivity contribution < 1.29 is 18.7 Å². The smallest absolute Gasteiger partial charge is 0.374 e. The maximum atomic E-state index is 12.2. The predicted octanol–water partition coefficient (Wildman–Crippen LogP) is 3.02. The van der Waals surface area contributed by atoms with Crippen LogP contribution < -0.4 is 5.43 Å². The summed E-state index contributed by atoms with van der Waals surface area (Å²) in [7, 11) is 0. The van der Waals surface area contributed by atoms with Gasteiger partial charge < -0.3 is 9.15 Å². The topological polar surface area (TPSA) is 93.8 Å². The number of fused-ring (bicyclic) bond motifs is 1. The second-order valence-corrected chi connectivity index (χ2v) is 6.08. The normalized spacial score (nSPS) is 14.8. The molecule has 0 saturated carbocycles. The van der Waals surface area contributed by atoms with Crippen molar-refractivity contribution in [3.05, 3.63) is 52.7 Å². The molecule has 0 bridgehead atoms. The lowest BCUT2D eigenvalue weighted by atomic mass is 9.93. The van der Waals surface area contributed by atoms with E-state index in [1.807, 2.05) is 13.8 Å². The van der Waals surface area contributed by atoms with Crippen LogP contribution in [0.2, 0.25) is 0 Å². The number of ether oxygens (including phenoxy) is 1. The van der Waals surface area contributed by atoms with Crippen molar-refractivity contribution in [2.75, 3.05) is 6.61 Å². The van der Waals surface area contributed by atoms with Crippen LogP contribution in [0.3, 0.4) is 0 Å². The van der Waals surface area contributed by atoms with Crippen molar-refractivity contribution in [3.8, 4) is 0 Å². The van der Waals surface area contributed by atoms with Gasteiger partial charge in [0, 0.05) is 35.5 Å². The number of carbonyl (C=O) groups excluding carboxylic acids is 2. The Hall–Kier alpha value is -2.96. The van der Waals surface area contributed by atoms with Crippen molar-refractivity contribution in [3.63, 3.8) is 0 Å². The zero-order valence-electron chi connectivity index (χ0n) is 14.9. The number of hydrogen-bond acceptors (Lipinski definition) is 6. The summed E-state index contributed by atoms with van der Waals surface area (Å²) >= 11 is 0. The van der Waals surface area contributed by atoms with Crippen molar-refractivity contribution in [2.45, 2.75) is 39.5 Å². The molecule has 0 atom stereocenters. The Labute approximate surface area is 151 Å². The fourth-order valence-electron chi connectivity index (χ4n) is 2.92. The van der Waals surface area contributed by atoms with E-state index in [-0.39, 0.29) is 11.7 Å². The third kappa shape index (κ3) is 3.66. The number of nitrogens with zero attached hydrogens (tertiary/aromatic N) is 2. The lowest BCUT2D eigenvalue weighted by Gasteiger charge is -2.13. The summed E-state index contributed by atoms with van der Waals surface area (Å²) in [4.78, 5) is 28.2. The third-order valence-electron chi connectivity index (χ3n) is 4.18. The monoisotopic (exact) mass is 355 g/mol. The van der Waals surface area contributed by atoms with Gasteiger partial charge in [0.05, 0.1) is 12.3 Å². The molecule has 26 heavy (non-hydrogen) atoms. The number of hydrogen-bond donors (Lipinski definition) is 1. The van der Waals surface area contributed by atoms with E-state index in [1.54, 1.807) is 24.5 Å². The molecule has 2 aromatic rings. The lowest BCUT2D eigenvalue weighted by Crippen LogP contribution is -2.22. The Morgan fingerprint density at radius 1 is 1.31 bits per heavy atom. The molecular formula is C19H21N3O4. The van der Waals surface area contributed by atoms with Gasteiger partial charge in [-0.15, -0.1) is 0 Å². The predicted molar refractivity (Wildman–Crippen MR) is 95.2 cm³/mol. The first kappa shape index (κ1) is 17.8. The number of nitrogens with one attached hydrogen (secondary N) is 1. The van der Waals surface area contributed by atoms with E-state index >= 15 is 0 Å². The van der Waals surface area contributed by atoms with Crippen LogP contribution in [-0.4, -0.2) is 29.2 Å². The molecular weight excluding hydrogens is 334 g/mol. The molecule has 2 heterocycles. The van der Waals surface area contributed by atoms with E-state index in [0.717, 1.165) is 24.8 Å². The highest BCUT2D eigenvalue weighted by Crippen LogP contribution is 2.30. The highest BCUT2D eigenvalue weighted by Gasteiger charge is 2.28. The van der Waals surface area contributed by atoms with Crippen molar-refractivity contribution in [1.29, 1.82) is 0 Å². The van der Waals surface area contributed by atoms with Crippen LogP contribution in [0.1, 0.15) is 64.0 Å². The Morgan fingerprint density at radius 2 is 2.08 bits per heavy atom. The summed E-state index contributed by atoms with van der Waals surface area (Å²) < 4.78 is 10.9. The number of rotatable bonds is 5. The first-order chi connectivity index (χ1) is 12.6. The van der Waals surface area contributed by atoms with Gasteiger partial charge in [0.15, 0.2) is 0 Å². The summed E-state index contributed by atoms with van der Waals surface area (Å²) in [6.07, 6.45) is 6.12. The van der Waals surface area contributed by atoms with Crippen molar-refractivity contribution in [2.24, 2.45) is 5.10 Å². The van der Waals surface area contributed by atoms with Gasteiger partial charge in [-0.05, 0) is 38.3 Å². The van der Waals surface area contributed by atoms with Crippen molar-refractivity contribution >= 4 is 17.6 Å². The van der Waals surface area contributed by atoms with Gasteiger partial charge in [0.1, 0.15) is 5.76 Å². The van der Waals surface area contributed by atoms with E-state index in [4.69, 9.17) is 9.15 Å². The number of esters is 1. The summed E-state index contributed by atoms with van der Waals surface area (Å²) in [6, 6.07) is 3.24. The molecule has 0 radical (unpaired) electrons. The molecule has 0 unspecified atom stereocenters. The fourth-order valence-corrected chi connectivity index (χ4v) is 2.92. The van der Waals surface area contributed by atoms with Gasteiger partial charge in [-0.25, -0.2) is 10.2 Å². The molecule has 0 aromatic carbocycles. The molecule has 1 amide bonds. The van der Waals surface area contributed by atoms with E-state index in [0.29, 0.717) is 35.6 Å². The number of hydrazone groups is 1. The summed E-state index contributed by atoms with van der Waals surface area (Å²) in [6.45, 7) is 4.10. The SMILES string of the molecule is CCCOC(=O)c1oc2c(c1C)/C(=N/NC(=O)c1ccncc1)CCC2. The first-order valence-corrected chi connectivity index (χ1v) is 8.68. The van der Waals surface area contributed by atoms with Crippen LogP contribution in [0.5, 0.6) is 0 Å². The Morgan fingerprint density at radius 3 is 2.81 bits per heavy atom. The van der Waals surface area contributed by atoms with E-state index < -0.39 is 5.97 Å². The maximum Gasteiger partial charge on any atom is 0.374 e. The Balaban J connectivity index is 1.83. The summed E-state index contributed by atoms with van der Waals surface area (Å²) in [5, 5.41) is 4.28. The minimum atomic E-state index is -0.459. The van der Waals surface area contributed by atoms with Gasteiger partial charge in [0.25, 0.3) is 5.91 Å². The second kappa shape index (κ2) is 7.95. The molecule has 7 nitrogen and oxygen atoms in total. The summed E-state index contributed by atoms with van der Waals surface area (Å²) in [5.74, 6) is 0.169. The Kier molecular flexibility index (Phi) is 5.46. The number of amides is 1. The van der Waals surface area contributed by atoms with Gasteiger partial charge >= 0.3 is 5.97 Å². The van der Waals surface area contributed by atoms with E-state index in [2.05, 4.69) is 15.5 Å². The third-order valence-corrected chi connectivity index (χ3v) is 4.18. The van der Waals surface area contributed by atoms with Gasteiger partial charge in [-0.2, -0.15) is 5.10 Å². The Bertz CT molecular complexity index is 840. The van der Waals surface area contributed by atoms with Gasteiger partial charge in [0.2, 0.25) is 5.76 Å². The highest BCUT2D eigenvalue weighted by atomic mass is 16.5. The molecule has 1 aliphatic carbocycles. The van der Waals surface area contributed by atoms with Crippen LogP contribution in [0.25, 0.3) is 0 Å².